The van der Waals surface area contributed by atoms with E-state index in [0.29, 0.717) is 11.1 Å². The lowest BCUT2D eigenvalue weighted by molar-refractivity contribution is 0.0694. The zero-order valence-corrected chi connectivity index (χ0v) is 21.3. The molecule has 5 atom stereocenters. The highest BCUT2D eigenvalue weighted by atomic mass is 16.4. The lowest BCUT2D eigenvalue weighted by Gasteiger charge is -2.28. The number of rotatable bonds is 5. The molecule has 4 aromatic rings. The quantitative estimate of drug-likeness (QED) is 0.317. The van der Waals surface area contributed by atoms with E-state index in [1.165, 1.54) is 17.7 Å². The largest absolute Gasteiger partial charge is 0.478 e. The van der Waals surface area contributed by atoms with Crippen molar-refractivity contribution < 1.29 is 19.8 Å². The van der Waals surface area contributed by atoms with Crippen LogP contribution in [0.5, 0.6) is 0 Å². The van der Waals surface area contributed by atoms with E-state index in [0.717, 1.165) is 22.5 Å². The van der Waals surface area contributed by atoms with Crippen molar-refractivity contribution in [3.63, 3.8) is 0 Å². The van der Waals surface area contributed by atoms with Gasteiger partial charge in [-0.15, -0.1) is 0 Å². The predicted octanol–water partition coefficient (Wildman–Crippen LogP) is 6.71. The van der Waals surface area contributed by atoms with Gasteiger partial charge in [-0.25, -0.2) is 4.79 Å². The zero-order valence-electron chi connectivity index (χ0n) is 21.3. The Morgan fingerprint density at radius 2 is 1.50 bits per heavy atom. The molecule has 5 heteroatoms. The fourth-order valence-electron chi connectivity index (χ4n) is 6.29. The molecule has 2 N–H and O–H groups in total. The summed E-state index contributed by atoms with van der Waals surface area (Å²) in [6.07, 6.45) is -1.03. The SMILES string of the molecule is CC1c2cc(C(c3ccccc3)C3C(=O)c4cc(C(=O)O)ccc4C3O)ccc2N(c2ccccc2)C1C. The Balaban J connectivity index is 1.46. The van der Waals surface area contributed by atoms with Crippen LogP contribution in [-0.4, -0.2) is 28.0 Å². The molecule has 5 nitrogen and oxygen atoms in total. The monoisotopic (exact) mass is 503 g/mol. The molecule has 0 aromatic heterocycles. The minimum atomic E-state index is -1.09. The molecule has 0 bridgehead atoms. The first-order valence-electron chi connectivity index (χ1n) is 13.0. The van der Waals surface area contributed by atoms with Crippen LogP contribution in [0.2, 0.25) is 0 Å². The van der Waals surface area contributed by atoms with E-state index in [4.69, 9.17) is 0 Å². The molecular formula is C33H29NO4. The number of Topliss-reactive ketones (excluding diaryl/α,β-unsaturated/α-hetero) is 1. The zero-order chi connectivity index (χ0) is 26.6. The fourth-order valence-corrected chi connectivity index (χ4v) is 6.29. The van der Waals surface area contributed by atoms with Crippen LogP contribution < -0.4 is 4.90 Å². The normalized spacial score (nSPS) is 22.7. The summed E-state index contributed by atoms with van der Waals surface area (Å²) in [6, 6.07) is 31.2. The Morgan fingerprint density at radius 3 is 2.18 bits per heavy atom. The molecule has 2 aliphatic rings. The minimum absolute atomic E-state index is 0.0440. The Bertz CT molecular complexity index is 1530. The number of carboxylic acids is 1. The molecular weight excluding hydrogens is 474 g/mol. The van der Waals surface area contributed by atoms with Crippen molar-refractivity contribution in [2.75, 3.05) is 4.90 Å². The summed E-state index contributed by atoms with van der Waals surface area (Å²) in [5.74, 6) is -2.20. The highest BCUT2D eigenvalue weighted by molar-refractivity contribution is 6.05. The molecule has 0 fully saturated rings. The number of hydrogen-bond acceptors (Lipinski definition) is 4. The summed E-state index contributed by atoms with van der Waals surface area (Å²) in [6.45, 7) is 4.46. The molecule has 1 aliphatic carbocycles. The van der Waals surface area contributed by atoms with Crippen LogP contribution in [0.25, 0.3) is 0 Å². The minimum Gasteiger partial charge on any atom is -0.478 e. The molecule has 38 heavy (non-hydrogen) atoms. The first-order chi connectivity index (χ1) is 18.4. The Labute approximate surface area is 222 Å². The topological polar surface area (TPSA) is 77.8 Å². The number of fused-ring (bicyclic) bond motifs is 2. The van der Waals surface area contributed by atoms with Gasteiger partial charge in [-0.2, -0.15) is 0 Å². The van der Waals surface area contributed by atoms with Gasteiger partial charge < -0.3 is 15.1 Å². The van der Waals surface area contributed by atoms with Crippen LogP contribution in [0.4, 0.5) is 11.4 Å². The number of carbonyl (C=O) groups is 2. The van der Waals surface area contributed by atoms with Crippen LogP contribution in [0.3, 0.4) is 0 Å². The van der Waals surface area contributed by atoms with E-state index in [-0.39, 0.29) is 23.3 Å². The Morgan fingerprint density at radius 1 is 0.816 bits per heavy atom. The van der Waals surface area contributed by atoms with Crippen LogP contribution in [0, 0.1) is 5.92 Å². The number of ketones is 1. The summed E-state index contributed by atoms with van der Waals surface area (Å²) < 4.78 is 0. The number of anilines is 2. The number of para-hydroxylation sites is 1. The van der Waals surface area contributed by atoms with E-state index in [1.807, 2.05) is 48.5 Å². The van der Waals surface area contributed by atoms with Crippen molar-refractivity contribution in [3.05, 3.63) is 130 Å². The number of nitrogens with zero attached hydrogens (tertiary/aromatic N) is 1. The maximum absolute atomic E-state index is 13.8. The lowest BCUT2D eigenvalue weighted by Crippen LogP contribution is -2.25. The highest BCUT2D eigenvalue weighted by Gasteiger charge is 2.45. The number of hydrogen-bond donors (Lipinski definition) is 2. The van der Waals surface area contributed by atoms with Gasteiger partial charge in [0.05, 0.1) is 17.6 Å². The predicted molar refractivity (Wildman–Crippen MR) is 147 cm³/mol. The molecule has 0 saturated heterocycles. The second-order valence-electron chi connectivity index (χ2n) is 10.4. The van der Waals surface area contributed by atoms with Gasteiger partial charge in [0.1, 0.15) is 0 Å². The number of aliphatic hydroxyl groups excluding tert-OH is 1. The third kappa shape index (κ3) is 3.74. The summed E-state index contributed by atoms with van der Waals surface area (Å²) >= 11 is 0. The fraction of sp³-hybridized carbons (Fsp3) is 0.212. The molecule has 0 amide bonds. The molecule has 0 radical (unpaired) electrons. The second-order valence-corrected chi connectivity index (χ2v) is 10.4. The van der Waals surface area contributed by atoms with Gasteiger partial charge in [0.15, 0.2) is 5.78 Å². The molecule has 4 aromatic carbocycles. The molecule has 5 unspecified atom stereocenters. The second kappa shape index (κ2) is 9.26. The molecule has 6 rings (SSSR count). The first-order valence-corrected chi connectivity index (χ1v) is 13.0. The third-order valence-electron chi connectivity index (χ3n) is 8.37. The number of carboxylic acid groups (broad SMARTS) is 1. The summed E-state index contributed by atoms with van der Waals surface area (Å²) in [5, 5.41) is 20.9. The molecule has 190 valence electrons. The maximum Gasteiger partial charge on any atom is 0.335 e. The van der Waals surface area contributed by atoms with Crippen molar-refractivity contribution in [1.29, 1.82) is 0 Å². The molecule has 0 spiro atoms. The lowest BCUT2D eigenvalue weighted by atomic mass is 9.76. The van der Waals surface area contributed by atoms with Crippen molar-refractivity contribution in [2.24, 2.45) is 5.92 Å². The van der Waals surface area contributed by atoms with Gasteiger partial charge in [-0.3, -0.25) is 4.79 Å². The molecule has 1 aliphatic heterocycles. The van der Waals surface area contributed by atoms with Crippen LogP contribution in [0.1, 0.15) is 74.8 Å². The van der Waals surface area contributed by atoms with E-state index >= 15 is 0 Å². The van der Waals surface area contributed by atoms with Crippen LogP contribution in [-0.2, 0) is 0 Å². The van der Waals surface area contributed by atoms with Crippen molar-refractivity contribution in [1.82, 2.24) is 0 Å². The van der Waals surface area contributed by atoms with Gasteiger partial charge in [-0.1, -0.05) is 73.7 Å². The van der Waals surface area contributed by atoms with Gasteiger partial charge in [0.2, 0.25) is 0 Å². The van der Waals surface area contributed by atoms with E-state index < -0.39 is 23.9 Å². The Kier molecular flexibility index (Phi) is 5.88. The molecule has 1 heterocycles. The number of benzene rings is 4. The third-order valence-corrected chi connectivity index (χ3v) is 8.37. The standard InChI is InChI=1S/C33H29NO4/c1-19-20(2)34(24-11-7-4-8-12-24)28-16-14-22(17-26(19)28)29(21-9-5-3-6-10-21)30-31(35)25-15-13-23(33(37)38)18-27(25)32(30)36/h3-20,29-31,35H,1-2H3,(H,37,38). The number of carbonyl (C=O) groups excluding carboxylic acids is 1. The van der Waals surface area contributed by atoms with Crippen molar-refractivity contribution >= 4 is 23.1 Å². The maximum atomic E-state index is 13.8. The van der Waals surface area contributed by atoms with E-state index in [2.05, 4.69) is 49.1 Å². The van der Waals surface area contributed by atoms with E-state index in [1.54, 1.807) is 6.07 Å². The van der Waals surface area contributed by atoms with Gasteiger partial charge in [-0.05, 0) is 59.5 Å². The van der Waals surface area contributed by atoms with Gasteiger partial charge >= 0.3 is 5.97 Å². The summed E-state index contributed by atoms with van der Waals surface area (Å²) in [4.78, 5) is 27.7. The average molecular weight is 504 g/mol. The van der Waals surface area contributed by atoms with E-state index in [9.17, 15) is 19.8 Å². The highest BCUT2D eigenvalue weighted by Crippen LogP contribution is 2.50. The van der Waals surface area contributed by atoms with Crippen molar-refractivity contribution in [2.45, 2.75) is 37.8 Å². The number of aliphatic hydroxyl groups is 1. The van der Waals surface area contributed by atoms with Crippen molar-refractivity contribution in [3.8, 4) is 0 Å². The van der Waals surface area contributed by atoms with Gasteiger partial charge in [0, 0.05) is 34.8 Å². The first kappa shape index (κ1) is 24.1. The molecule has 0 saturated carbocycles. The van der Waals surface area contributed by atoms with Gasteiger partial charge in [0.25, 0.3) is 0 Å². The summed E-state index contributed by atoms with van der Waals surface area (Å²) in [7, 11) is 0. The summed E-state index contributed by atoms with van der Waals surface area (Å²) in [5.41, 5.74) is 6.24. The van der Waals surface area contributed by atoms with Crippen LogP contribution in [0.15, 0.2) is 97.1 Å². The Hall–Kier alpha value is -4.22. The smallest absolute Gasteiger partial charge is 0.335 e. The average Bonchev–Trinajstić information content (AvgIpc) is 3.34. The van der Waals surface area contributed by atoms with Crippen LogP contribution >= 0.6 is 0 Å². The number of aromatic carboxylic acids is 1.